The fourth-order valence-corrected chi connectivity index (χ4v) is 3.81. The lowest BCUT2D eigenvalue weighted by atomic mass is 10.1. The van der Waals surface area contributed by atoms with E-state index in [4.69, 9.17) is 9.72 Å². The van der Waals surface area contributed by atoms with Crippen molar-refractivity contribution in [2.75, 3.05) is 13.2 Å². The summed E-state index contributed by atoms with van der Waals surface area (Å²) in [4.78, 5) is 21.8. The summed E-state index contributed by atoms with van der Waals surface area (Å²) in [5.74, 6) is 0.730. The summed E-state index contributed by atoms with van der Waals surface area (Å²) in [7, 11) is 0. The van der Waals surface area contributed by atoms with E-state index < -0.39 is 0 Å². The predicted molar refractivity (Wildman–Crippen MR) is 116 cm³/mol. The molecule has 1 aliphatic rings. The Labute approximate surface area is 174 Å². The van der Waals surface area contributed by atoms with Crippen LogP contribution in [-0.4, -0.2) is 39.7 Å². The van der Waals surface area contributed by atoms with Crippen molar-refractivity contribution in [3.05, 3.63) is 78.5 Å². The molecule has 2 aromatic carbocycles. The molecule has 3 heterocycles. The van der Waals surface area contributed by atoms with Gasteiger partial charge in [0, 0.05) is 36.2 Å². The summed E-state index contributed by atoms with van der Waals surface area (Å²) in [6.45, 7) is 1.33. The number of fused-ring (bicyclic) bond motifs is 1. The molecular formula is C24H22N4O2. The summed E-state index contributed by atoms with van der Waals surface area (Å²) in [6, 6.07) is 21.4. The van der Waals surface area contributed by atoms with Crippen LogP contribution in [0, 0.1) is 0 Å². The van der Waals surface area contributed by atoms with E-state index in [1.54, 1.807) is 6.20 Å². The molecule has 1 unspecified atom stereocenters. The molecule has 6 heteroatoms. The van der Waals surface area contributed by atoms with Gasteiger partial charge in [-0.25, -0.2) is 9.97 Å². The molecule has 2 aromatic heterocycles. The monoisotopic (exact) mass is 398 g/mol. The Balaban J connectivity index is 1.46. The molecule has 5 rings (SSSR count). The van der Waals surface area contributed by atoms with Crippen LogP contribution in [0.5, 0.6) is 0 Å². The highest BCUT2D eigenvalue weighted by Gasteiger charge is 2.18. The Hall–Kier alpha value is -3.51. The standard InChI is InChI=1S/C24H22N4O2/c29-24(26-16-20-8-5-15-30-20)18-10-12-19(13-11-18)28-22(17-6-2-1-3-7-17)27-21-9-4-14-25-23(21)28/h1-4,6-7,9-14,20H,5,8,15-16H2,(H,26,29). The predicted octanol–water partition coefficient (Wildman–Crippen LogP) is 4.00. The number of benzene rings is 2. The lowest BCUT2D eigenvalue weighted by Crippen LogP contribution is -2.31. The average Bonchev–Trinajstić information content (AvgIpc) is 3.46. The number of hydrogen-bond acceptors (Lipinski definition) is 4. The fraction of sp³-hybridized carbons (Fsp3) is 0.208. The van der Waals surface area contributed by atoms with Crippen LogP contribution < -0.4 is 5.32 Å². The average molecular weight is 398 g/mol. The zero-order valence-electron chi connectivity index (χ0n) is 16.5. The zero-order chi connectivity index (χ0) is 20.3. The second-order valence-electron chi connectivity index (χ2n) is 7.37. The third-order valence-electron chi connectivity index (χ3n) is 5.35. The van der Waals surface area contributed by atoms with Crippen LogP contribution in [-0.2, 0) is 4.74 Å². The number of pyridine rings is 1. The van der Waals surface area contributed by atoms with Gasteiger partial charge in [-0.15, -0.1) is 0 Å². The minimum Gasteiger partial charge on any atom is -0.376 e. The maximum Gasteiger partial charge on any atom is 0.251 e. The van der Waals surface area contributed by atoms with Gasteiger partial charge in [0.2, 0.25) is 0 Å². The number of carbonyl (C=O) groups is 1. The molecule has 1 N–H and O–H groups in total. The first-order chi connectivity index (χ1) is 14.8. The van der Waals surface area contributed by atoms with Gasteiger partial charge in [-0.05, 0) is 49.2 Å². The van der Waals surface area contributed by atoms with Gasteiger partial charge >= 0.3 is 0 Å². The first kappa shape index (κ1) is 18.5. The summed E-state index contributed by atoms with van der Waals surface area (Å²) in [6.07, 6.45) is 3.96. The van der Waals surface area contributed by atoms with E-state index in [9.17, 15) is 4.79 Å². The molecule has 1 saturated heterocycles. The molecule has 1 aliphatic heterocycles. The highest BCUT2D eigenvalue weighted by Crippen LogP contribution is 2.27. The first-order valence-corrected chi connectivity index (χ1v) is 10.2. The molecule has 4 aromatic rings. The molecular weight excluding hydrogens is 376 g/mol. The zero-order valence-corrected chi connectivity index (χ0v) is 16.5. The normalized spacial score (nSPS) is 16.1. The summed E-state index contributed by atoms with van der Waals surface area (Å²) in [5.41, 5.74) is 4.15. The SMILES string of the molecule is O=C(NCC1CCCO1)c1ccc(-n2c(-c3ccccc3)nc3cccnc32)cc1. The van der Waals surface area contributed by atoms with Crippen molar-refractivity contribution < 1.29 is 9.53 Å². The molecule has 0 spiro atoms. The van der Waals surface area contributed by atoms with Gasteiger partial charge < -0.3 is 10.1 Å². The van der Waals surface area contributed by atoms with Gasteiger partial charge in [-0.3, -0.25) is 9.36 Å². The van der Waals surface area contributed by atoms with Crippen LogP contribution in [0.4, 0.5) is 0 Å². The summed E-state index contributed by atoms with van der Waals surface area (Å²) in [5, 5.41) is 2.97. The van der Waals surface area contributed by atoms with Gasteiger partial charge in [-0.2, -0.15) is 0 Å². The Morgan fingerprint density at radius 2 is 1.90 bits per heavy atom. The van der Waals surface area contributed by atoms with Crippen LogP contribution >= 0.6 is 0 Å². The van der Waals surface area contributed by atoms with E-state index in [1.807, 2.05) is 71.3 Å². The number of amides is 1. The van der Waals surface area contributed by atoms with Gasteiger partial charge in [0.15, 0.2) is 5.65 Å². The molecule has 0 saturated carbocycles. The van der Waals surface area contributed by atoms with Crippen LogP contribution in [0.3, 0.4) is 0 Å². The Bertz CT molecular complexity index is 1160. The van der Waals surface area contributed by atoms with E-state index >= 15 is 0 Å². The van der Waals surface area contributed by atoms with Crippen molar-refractivity contribution in [3.63, 3.8) is 0 Å². The number of imidazole rings is 1. The van der Waals surface area contributed by atoms with E-state index in [0.29, 0.717) is 12.1 Å². The fourth-order valence-electron chi connectivity index (χ4n) is 3.81. The second kappa shape index (κ2) is 8.08. The van der Waals surface area contributed by atoms with Crippen molar-refractivity contribution in [1.29, 1.82) is 0 Å². The van der Waals surface area contributed by atoms with Gasteiger partial charge in [0.05, 0.1) is 6.10 Å². The van der Waals surface area contributed by atoms with Crippen LogP contribution in [0.25, 0.3) is 28.2 Å². The van der Waals surface area contributed by atoms with Gasteiger partial charge in [-0.1, -0.05) is 30.3 Å². The minimum atomic E-state index is -0.0889. The van der Waals surface area contributed by atoms with E-state index in [1.165, 1.54) is 0 Å². The smallest absolute Gasteiger partial charge is 0.251 e. The van der Waals surface area contributed by atoms with Crippen LogP contribution in [0.15, 0.2) is 72.9 Å². The molecule has 0 radical (unpaired) electrons. The number of nitrogens with zero attached hydrogens (tertiary/aromatic N) is 3. The number of nitrogens with one attached hydrogen (secondary N) is 1. The number of aromatic nitrogens is 3. The Morgan fingerprint density at radius 1 is 1.07 bits per heavy atom. The maximum atomic E-state index is 12.5. The van der Waals surface area contributed by atoms with Crippen LogP contribution in [0.1, 0.15) is 23.2 Å². The van der Waals surface area contributed by atoms with Crippen molar-refractivity contribution in [1.82, 2.24) is 19.9 Å². The van der Waals surface area contributed by atoms with Gasteiger partial charge in [0.1, 0.15) is 11.3 Å². The summed E-state index contributed by atoms with van der Waals surface area (Å²) < 4.78 is 7.60. The Kier molecular flexibility index (Phi) is 4.99. The lowest BCUT2D eigenvalue weighted by molar-refractivity contribution is 0.0858. The Morgan fingerprint density at radius 3 is 2.67 bits per heavy atom. The molecule has 1 amide bonds. The molecule has 30 heavy (non-hydrogen) atoms. The van der Waals surface area contributed by atoms with Crippen molar-refractivity contribution >= 4 is 17.1 Å². The minimum absolute atomic E-state index is 0.0889. The molecule has 0 bridgehead atoms. The van der Waals surface area contributed by atoms with Gasteiger partial charge in [0.25, 0.3) is 5.91 Å². The van der Waals surface area contributed by atoms with Crippen LogP contribution in [0.2, 0.25) is 0 Å². The van der Waals surface area contributed by atoms with E-state index in [-0.39, 0.29) is 12.0 Å². The number of carbonyl (C=O) groups excluding carboxylic acids is 1. The second-order valence-corrected chi connectivity index (χ2v) is 7.37. The van der Waals surface area contributed by atoms with Crippen molar-refractivity contribution in [3.8, 4) is 17.1 Å². The molecule has 0 aliphatic carbocycles. The maximum absolute atomic E-state index is 12.5. The van der Waals surface area contributed by atoms with Crippen molar-refractivity contribution in [2.45, 2.75) is 18.9 Å². The highest BCUT2D eigenvalue weighted by atomic mass is 16.5. The number of hydrogen-bond donors (Lipinski definition) is 1. The molecule has 150 valence electrons. The molecule has 6 nitrogen and oxygen atoms in total. The van der Waals surface area contributed by atoms with E-state index in [2.05, 4.69) is 10.3 Å². The molecule has 1 atom stereocenters. The largest absolute Gasteiger partial charge is 0.376 e. The first-order valence-electron chi connectivity index (χ1n) is 10.2. The summed E-state index contributed by atoms with van der Waals surface area (Å²) >= 11 is 0. The third kappa shape index (κ3) is 3.57. The lowest BCUT2D eigenvalue weighted by Gasteiger charge is -2.12. The van der Waals surface area contributed by atoms with E-state index in [0.717, 1.165) is 47.7 Å². The third-order valence-corrected chi connectivity index (χ3v) is 5.35. The number of rotatable bonds is 5. The topological polar surface area (TPSA) is 69.0 Å². The quantitative estimate of drug-likeness (QED) is 0.552. The van der Waals surface area contributed by atoms with Crippen molar-refractivity contribution in [2.24, 2.45) is 0 Å². The number of ether oxygens (including phenoxy) is 1. The highest BCUT2D eigenvalue weighted by molar-refractivity contribution is 5.94. The molecule has 1 fully saturated rings.